The molecule has 2 aromatic rings. The Kier molecular flexibility index (Phi) is 6.69. The van der Waals surface area contributed by atoms with Crippen LogP contribution >= 0.6 is 23.2 Å². The maximum Gasteiger partial charge on any atom is 0.359 e. The molecule has 1 aromatic carbocycles. The van der Waals surface area contributed by atoms with Crippen molar-refractivity contribution >= 4 is 52.0 Å². The highest BCUT2D eigenvalue weighted by atomic mass is 35.5. The minimum absolute atomic E-state index is 0.00136. The number of carboxylic acid groups (broad SMARTS) is 1. The Bertz CT molecular complexity index is 938. The molecule has 0 spiro atoms. The van der Waals surface area contributed by atoms with Crippen molar-refractivity contribution in [2.24, 2.45) is 5.41 Å². The topological polar surface area (TPSA) is 112 Å². The number of benzene rings is 1. The average Bonchev–Trinajstić information content (AvgIpc) is 2.61. The van der Waals surface area contributed by atoms with Gasteiger partial charge in [-0.25, -0.2) is 14.6 Å². The van der Waals surface area contributed by atoms with Crippen molar-refractivity contribution in [1.82, 2.24) is 4.98 Å². The van der Waals surface area contributed by atoms with Gasteiger partial charge in [0.2, 0.25) is 6.79 Å². The van der Waals surface area contributed by atoms with Gasteiger partial charge in [-0.3, -0.25) is 4.79 Å². The van der Waals surface area contributed by atoms with E-state index in [0.29, 0.717) is 0 Å². The van der Waals surface area contributed by atoms with E-state index in [1.54, 1.807) is 20.8 Å². The number of rotatable bonds is 6. The number of hydrogen-bond acceptors (Lipinski definition) is 7. The van der Waals surface area contributed by atoms with E-state index in [2.05, 4.69) is 4.98 Å². The molecule has 0 radical (unpaired) electrons. The molecule has 0 atom stereocenters. The first-order valence-electron chi connectivity index (χ1n) is 7.98. The molecule has 0 aliphatic heterocycles. The van der Waals surface area contributed by atoms with Gasteiger partial charge < -0.3 is 19.3 Å². The summed E-state index contributed by atoms with van der Waals surface area (Å²) < 4.78 is 15.0. The van der Waals surface area contributed by atoms with E-state index in [1.165, 1.54) is 18.2 Å². The van der Waals surface area contributed by atoms with Crippen LogP contribution in [0.25, 0.3) is 10.9 Å². The molecule has 1 N–H and O–H groups in total. The fraction of sp³-hybridized carbons (Fsp3) is 0.333. The molecule has 0 unspecified atom stereocenters. The van der Waals surface area contributed by atoms with Gasteiger partial charge in [-0.15, -0.1) is 0 Å². The van der Waals surface area contributed by atoms with Gasteiger partial charge in [-0.1, -0.05) is 23.2 Å². The number of fused-ring (bicyclic) bond motifs is 1. The number of nitrogens with zero attached hydrogens (tertiary/aromatic N) is 1. The highest BCUT2D eigenvalue weighted by Crippen LogP contribution is 2.36. The lowest BCUT2D eigenvalue weighted by atomic mass is 9.98. The van der Waals surface area contributed by atoms with Gasteiger partial charge in [0, 0.05) is 6.07 Å². The van der Waals surface area contributed by atoms with Crippen LogP contribution in [0.1, 0.15) is 31.3 Å². The number of hydrogen-bond donors (Lipinski definition) is 1. The second-order valence-corrected chi connectivity index (χ2v) is 7.46. The minimum atomic E-state index is -1.22. The lowest BCUT2D eigenvalue weighted by molar-refractivity contribution is -0.161. The maximum atomic E-state index is 12.3. The summed E-state index contributed by atoms with van der Waals surface area (Å²) in [5.41, 5.74) is -0.685. The monoisotopic (exact) mass is 429 g/mol. The first kappa shape index (κ1) is 21.7. The van der Waals surface area contributed by atoms with Crippen LogP contribution in [0.15, 0.2) is 18.2 Å². The standard InChI is InChI=1S/C18H17Cl2NO7/c1-18(2,3)17(25)28-8-27-16(24)11-6-12(26-7-13(22)23)14-10(21-11)5-4-9(19)15(14)20/h4-6H,7-8H2,1-3H3,(H,22,23). The second kappa shape index (κ2) is 8.62. The average molecular weight is 430 g/mol. The molecule has 0 aliphatic carbocycles. The quantitative estimate of drug-likeness (QED) is 0.545. The van der Waals surface area contributed by atoms with Gasteiger partial charge in [0.25, 0.3) is 0 Å². The van der Waals surface area contributed by atoms with Gasteiger partial charge in [-0.2, -0.15) is 0 Å². The highest BCUT2D eigenvalue weighted by molar-refractivity contribution is 6.45. The zero-order valence-corrected chi connectivity index (χ0v) is 16.8. The van der Waals surface area contributed by atoms with E-state index in [9.17, 15) is 14.4 Å². The fourth-order valence-corrected chi connectivity index (χ4v) is 2.42. The molecule has 0 saturated heterocycles. The molecule has 0 bridgehead atoms. The third-order valence-electron chi connectivity index (χ3n) is 3.38. The van der Waals surface area contributed by atoms with Gasteiger partial charge >= 0.3 is 17.9 Å². The molecule has 0 fully saturated rings. The molecule has 0 saturated carbocycles. The Morgan fingerprint density at radius 1 is 1.14 bits per heavy atom. The van der Waals surface area contributed by atoms with Gasteiger partial charge in [0.15, 0.2) is 12.3 Å². The van der Waals surface area contributed by atoms with Gasteiger partial charge in [0.1, 0.15) is 5.75 Å². The van der Waals surface area contributed by atoms with Crippen LogP contribution in [-0.4, -0.2) is 41.4 Å². The number of pyridine rings is 1. The highest BCUT2D eigenvalue weighted by Gasteiger charge is 2.24. The molecule has 0 amide bonds. The van der Waals surface area contributed by atoms with E-state index in [1.807, 2.05) is 0 Å². The number of carbonyl (C=O) groups excluding carboxylic acids is 2. The van der Waals surface area contributed by atoms with Gasteiger partial charge in [0.05, 0.1) is 26.4 Å². The molecule has 1 aromatic heterocycles. The number of esters is 2. The SMILES string of the molecule is CC(C)(C)C(=O)OCOC(=O)c1cc(OCC(=O)O)c2c(Cl)c(Cl)ccc2n1. The number of ether oxygens (including phenoxy) is 3. The molecule has 150 valence electrons. The van der Waals surface area contributed by atoms with E-state index in [4.69, 9.17) is 42.5 Å². The van der Waals surface area contributed by atoms with Crippen LogP contribution in [0.4, 0.5) is 0 Å². The number of carbonyl (C=O) groups is 3. The Labute approximate surface area is 170 Å². The van der Waals surface area contributed by atoms with Crippen LogP contribution in [0, 0.1) is 5.41 Å². The lowest BCUT2D eigenvalue weighted by Crippen LogP contribution is -2.25. The fourth-order valence-electron chi connectivity index (χ4n) is 2.01. The lowest BCUT2D eigenvalue weighted by Gasteiger charge is -2.16. The zero-order valence-electron chi connectivity index (χ0n) is 15.2. The molecule has 1 heterocycles. The molecular weight excluding hydrogens is 413 g/mol. The van der Waals surface area contributed by atoms with Crippen LogP contribution in [-0.2, 0) is 19.1 Å². The number of carboxylic acids is 1. The number of aromatic nitrogens is 1. The molecular formula is C18H17Cl2NO7. The molecule has 28 heavy (non-hydrogen) atoms. The Hall–Kier alpha value is -2.58. The van der Waals surface area contributed by atoms with Crippen molar-refractivity contribution in [1.29, 1.82) is 0 Å². The molecule has 2 rings (SSSR count). The summed E-state index contributed by atoms with van der Waals surface area (Å²) in [4.78, 5) is 38.9. The molecule has 8 nitrogen and oxygen atoms in total. The summed E-state index contributed by atoms with van der Waals surface area (Å²) in [6.45, 7) is 3.70. The summed E-state index contributed by atoms with van der Waals surface area (Å²) in [6.07, 6.45) is 0. The summed E-state index contributed by atoms with van der Waals surface area (Å²) in [7, 11) is 0. The van der Waals surface area contributed by atoms with E-state index in [0.717, 1.165) is 0 Å². The smallest absolute Gasteiger partial charge is 0.359 e. The zero-order chi connectivity index (χ0) is 21.1. The Balaban J connectivity index is 2.29. The maximum absolute atomic E-state index is 12.3. The van der Waals surface area contributed by atoms with Crippen molar-refractivity contribution < 1.29 is 33.7 Å². The molecule has 0 aliphatic rings. The normalized spacial score (nSPS) is 11.2. The first-order chi connectivity index (χ1) is 13.0. The van der Waals surface area contributed by atoms with E-state index >= 15 is 0 Å². The summed E-state index contributed by atoms with van der Waals surface area (Å²) in [5.74, 6) is -2.66. The van der Waals surface area contributed by atoms with Crippen molar-refractivity contribution in [2.75, 3.05) is 13.4 Å². The van der Waals surface area contributed by atoms with Crippen LogP contribution in [0.5, 0.6) is 5.75 Å². The second-order valence-electron chi connectivity index (χ2n) is 6.67. The summed E-state index contributed by atoms with van der Waals surface area (Å²) >= 11 is 12.2. The van der Waals surface area contributed by atoms with Gasteiger partial charge in [-0.05, 0) is 32.9 Å². The van der Waals surface area contributed by atoms with Crippen molar-refractivity contribution in [3.8, 4) is 5.75 Å². The van der Waals surface area contributed by atoms with E-state index < -0.39 is 36.7 Å². The van der Waals surface area contributed by atoms with Crippen LogP contribution in [0.2, 0.25) is 10.0 Å². The van der Waals surface area contributed by atoms with Crippen LogP contribution < -0.4 is 4.74 Å². The third kappa shape index (κ3) is 5.24. The number of aliphatic carboxylic acids is 1. The van der Waals surface area contributed by atoms with E-state index in [-0.39, 0.29) is 32.4 Å². The van der Waals surface area contributed by atoms with Crippen molar-refractivity contribution in [3.05, 3.63) is 33.9 Å². The van der Waals surface area contributed by atoms with Crippen molar-refractivity contribution in [3.63, 3.8) is 0 Å². The predicted octanol–water partition coefficient (Wildman–Crippen LogP) is 3.71. The largest absolute Gasteiger partial charge is 0.481 e. The summed E-state index contributed by atoms with van der Waals surface area (Å²) in [5, 5.41) is 9.41. The first-order valence-corrected chi connectivity index (χ1v) is 8.74. The molecule has 10 heteroatoms. The minimum Gasteiger partial charge on any atom is -0.481 e. The van der Waals surface area contributed by atoms with Crippen molar-refractivity contribution in [2.45, 2.75) is 20.8 Å². The predicted molar refractivity (Wildman–Crippen MR) is 101 cm³/mol. The third-order valence-corrected chi connectivity index (χ3v) is 4.18. The van der Waals surface area contributed by atoms with Crippen LogP contribution in [0.3, 0.4) is 0 Å². The summed E-state index contributed by atoms with van der Waals surface area (Å²) in [6, 6.07) is 4.15. The number of halogens is 2. The Morgan fingerprint density at radius 2 is 1.82 bits per heavy atom. The Morgan fingerprint density at radius 3 is 2.43 bits per heavy atom.